The molecule has 0 spiro atoms. The summed E-state index contributed by atoms with van der Waals surface area (Å²) in [5.41, 5.74) is 2.81. The molecule has 2 aliphatic carbocycles. The van der Waals surface area contributed by atoms with E-state index in [0.717, 1.165) is 24.8 Å². The van der Waals surface area contributed by atoms with E-state index in [1.807, 2.05) is 6.92 Å². The van der Waals surface area contributed by atoms with Gasteiger partial charge in [-0.25, -0.2) is 0 Å². The number of fused-ring (bicyclic) bond motifs is 1. The summed E-state index contributed by atoms with van der Waals surface area (Å²) in [4.78, 5) is 32.1. The fourth-order valence-corrected chi connectivity index (χ4v) is 7.12. The molecular formula is C20H33O7P2-3. The molecule has 0 heterocycles. The van der Waals surface area contributed by atoms with Gasteiger partial charge in [0.25, 0.3) is 7.82 Å². The van der Waals surface area contributed by atoms with Gasteiger partial charge in [-0.2, -0.15) is 0 Å². The Balaban J connectivity index is 1.97. The van der Waals surface area contributed by atoms with Gasteiger partial charge in [0.15, 0.2) is 0 Å². The van der Waals surface area contributed by atoms with Crippen molar-refractivity contribution in [1.29, 1.82) is 0 Å². The zero-order valence-corrected chi connectivity index (χ0v) is 19.6. The third kappa shape index (κ3) is 6.61. The van der Waals surface area contributed by atoms with Crippen molar-refractivity contribution in [1.82, 2.24) is 0 Å². The molecule has 9 heteroatoms. The van der Waals surface area contributed by atoms with E-state index in [9.17, 15) is 23.8 Å². The van der Waals surface area contributed by atoms with Crippen LogP contribution >= 0.6 is 15.6 Å². The molecule has 7 nitrogen and oxygen atoms in total. The van der Waals surface area contributed by atoms with Crippen molar-refractivity contribution in [3.63, 3.8) is 0 Å². The quantitative estimate of drug-likeness (QED) is 0.409. The van der Waals surface area contributed by atoms with Crippen LogP contribution in [-0.2, 0) is 18.0 Å². The predicted octanol–water partition coefficient (Wildman–Crippen LogP) is 3.84. The van der Waals surface area contributed by atoms with Gasteiger partial charge < -0.3 is 23.8 Å². The molecule has 0 radical (unpaired) electrons. The summed E-state index contributed by atoms with van der Waals surface area (Å²) in [5, 5.41) is 0. The number of hydrogen-bond donors (Lipinski definition) is 0. The number of hydrogen-bond acceptors (Lipinski definition) is 7. The minimum absolute atomic E-state index is 0.232. The van der Waals surface area contributed by atoms with E-state index in [-0.39, 0.29) is 12.0 Å². The van der Waals surface area contributed by atoms with E-state index >= 15 is 0 Å². The van der Waals surface area contributed by atoms with Gasteiger partial charge in [-0.15, -0.1) is 0 Å². The standard InChI is InChI=1S/C20H36O7P2/c1-15(11-14-26-29(24,25)27-28(21,22)23)7-9-17-16(2)8-10-18-19(3,4)12-6-13-20(17,18)5/h11,17-18H,2,6-10,12-14H2,1,3-5H3,(H,24,25)(H2,21,22,23)/p-3/b15-11+/t17-,18+,20-/m1/s1. The van der Waals surface area contributed by atoms with E-state index in [1.54, 1.807) is 6.08 Å². The molecule has 1 unspecified atom stereocenters. The molecule has 2 aliphatic rings. The molecule has 29 heavy (non-hydrogen) atoms. The maximum atomic E-state index is 11.3. The highest BCUT2D eigenvalue weighted by molar-refractivity contribution is 7.58. The molecule has 0 aromatic carbocycles. The minimum atomic E-state index is -5.65. The lowest BCUT2D eigenvalue weighted by Crippen LogP contribution is -2.49. The lowest BCUT2D eigenvalue weighted by Gasteiger charge is -2.58. The van der Waals surface area contributed by atoms with Crippen molar-refractivity contribution >= 4 is 15.6 Å². The Labute approximate surface area is 174 Å². The Bertz CT molecular complexity index is 739. The Kier molecular flexibility index (Phi) is 7.83. The first-order valence-electron chi connectivity index (χ1n) is 10.2. The minimum Gasteiger partial charge on any atom is -0.790 e. The lowest BCUT2D eigenvalue weighted by molar-refractivity contribution is -0.339. The normalized spacial score (nSPS) is 32.5. The van der Waals surface area contributed by atoms with Crippen LogP contribution < -0.4 is 14.7 Å². The van der Waals surface area contributed by atoms with E-state index in [2.05, 4.69) is 36.2 Å². The molecule has 0 bridgehead atoms. The maximum Gasteiger partial charge on any atom is 0.272 e. The molecule has 0 aromatic heterocycles. The van der Waals surface area contributed by atoms with Gasteiger partial charge >= 0.3 is 0 Å². The van der Waals surface area contributed by atoms with E-state index in [4.69, 9.17) is 0 Å². The highest BCUT2D eigenvalue weighted by atomic mass is 31.3. The summed E-state index contributed by atoms with van der Waals surface area (Å²) < 4.78 is 29.6. The summed E-state index contributed by atoms with van der Waals surface area (Å²) >= 11 is 0. The van der Waals surface area contributed by atoms with E-state index in [0.29, 0.717) is 17.3 Å². The number of allylic oxidation sites excluding steroid dienone is 2. The topological polar surface area (TPSA) is 122 Å². The average molecular weight is 447 g/mol. The molecule has 0 amide bonds. The van der Waals surface area contributed by atoms with Gasteiger partial charge in [-0.05, 0) is 68.1 Å². The van der Waals surface area contributed by atoms with Crippen LogP contribution in [0.4, 0.5) is 0 Å². The van der Waals surface area contributed by atoms with Crippen molar-refractivity contribution in [2.75, 3.05) is 6.61 Å². The van der Waals surface area contributed by atoms with Gasteiger partial charge in [0.1, 0.15) is 0 Å². The lowest BCUT2D eigenvalue weighted by atomic mass is 9.47. The first kappa shape index (κ1) is 25.0. The molecule has 2 rings (SSSR count). The highest BCUT2D eigenvalue weighted by Gasteiger charge is 2.52. The summed E-state index contributed by atoms with van der Waals surface area (Å²) in [5.74, 6) is 1.09. The molecule has 0 N–H and O–H groups in total. The molecule has 2 saturated carbocycles. The molecular weight excluding hydrogens is 414 g/mol. The van der Waals surface area contributed by atoms with Crippen LogP contribution in [0.2, 0.25) is 0 Å². The van der Waals surface area contributed by atoms with Gasteiger partial charge in [0, 0.05) is 0 Å². The van der Waals surface area contributed by atoms with Crippen molar-refractivity contribution in [3.05, 3.63) is 23.8 Å². The summed E-state index contributed by atoms with van der Waals surface area (Å²) in [6.07, 6.45) is 9.23. The second-order valence-electron chi connectivity index (χ2n) is 9.51. The summed E-state index contributed by atoms with van der Waals surface area (Å²) in [6.45, 7) is 13.0. The summed E-state index contributed by atoms with van der Waals surface area (Å²) in [6, 6.07) is 0. The maximum absolute atomic E-state index is 11.3. The van der Waals surface area contributed by atoms with Crippen LogP contribution in [0.1, 0.15) is 72.6 Å². The van der Waals surface area contributed by atoms with Gasteiger partial charge in [0.05, 0.1) is 14.4 Å². The monoisotopic (exact) mass is 447 g/mol. The van der Waals surface area contributed by atoms with Crippen molar-refractivity contribution in [2.45, 2.75) is 72.6 Å². The molecule has 168 valence electrons. The zero-order chi connectivity index (χ0) is 22.1. The number of rotatable bonds is 8. The largest absolute Gasteiger partial charge is 0.790 e. The third-order valence-electron chi connectivity index (χ3n) is 7.01. The van der Waals surface area contributed by atoms with Crippen LogP contribution in [0.15, 0.2) is 23.8 Å². The van der Waals surface area contributed by atoms with Crippen LogP contribution in [0.3, 0.4) is 0 Å². The van der Waals surface area contributed by atoms with Crippen LogP contribution in [0, 0.1) is 22.7 Å². The van der Waals surface area contributed by atoms with Crippen LogP contribution in [0.25, 0.3) is 0 Å². The van der Waals surface area contributed by atoms with Crippen molar-refractivity contribution in [2.24, 2.45) is 22.7 Å². The fraction of sp³-hybridized carbons (Fsp3) is 0.800. The SMILES string of the molecule is C=C1CC[C@H]2C(C)(C)CCC[C@]2(C)[C@@H]1CC/C(C)=C/COP(=O)([O-])OP(=O)([O-])[O-]. The molecule has 0 saturated heterocycles. The molecule has 4 atom stereocenters. The van der Waals surface area contributed by atoms with Gasteiger partial charge in [0.2, 0.25) is 0 Å². The van der Waals surface area contributed by atoms with Crippen LogP contribution in [0.5, 0.6) is 0 Å². The molecule has 0 aliphatic heterocycles. The third-order valence-corrected chi connectivity index (χ3v) is 9.08. The Morgan fingerprint density at radius 1 is 1.24 bits per heavy atom. The smallest absolute Gasteiger partial charge is 0.272 e. The van der Waals surface area contributed by atoms with Gasteiger partial charge in [-0.1, -0.05) is 51.0 Å². The highest BCUT2D eigenvalue weighted by Crippen LogP contribution is 2.61. The fourth-order valence-electron chi connectivity index (χ4n) is 5.70. The average Bonchev–Trinajstić information content (AvgIpc) is 2.50. The zero-order valence-electron chi connectivity index (χ0n) is 17.8. The van der Waals surface area contributed by atoms with E-state index in [1.165, 1.54) is 31.3 Å². The first-order valence-corrected chi connectivity index (χ1v) is 13.1. The van der Waals surface area contributed by atoms with Gasteiger partial charge in [-0.3, -0.25) is 8.88 Å². The number of phosphoric acid groups is 2. The van der Waals surface area contributed by atoms with Crippen molar-refractivity contribution in [3.8, 4) is 0 Å². The van der Waals surface area contributed by atoms with E-state index < -0.39 is 15.6 Å². The second kappa shape index (κ2) is 9.08. The predicted molar refractivity (Wildman–Crippen MR) is 106 cm³/mol. The molecule has 0 aromatic rings. The Morgan fingerprint density at radius 2 is 1.90 bits per heavy atom. The number of phosphoric ester groups is 1. The summed E-state index contributed by atoms with van der Waals surface area (Å²) in [7, 11) is -10.8. The molecule has 2 fully saturated rings. The van der Waals surface area contributed by atoms with Crippen molar-refractivity contribution < 1.29 is 32.6 Å². The second-order valence-corrected chi connectivity index (χ2v) is 12.2. The Hall–Kier alpha value is -0.260. The Morgan fingerprint density at radius 3 is 2.52 bits per heavy atom. The first-order chi connectivity index (χ1) is 13.2. The van der Waals surface area contributed by atoms with Crippen LogP contribution in [-0.4, -0.2) is 6.61 Å².